The van der Waals surface area contributed by atoms with Crippen LogP contribution in [0.5, 0.6) is 0 Å². The van der Waals surface area contributed by atoms with Crippen molar-refractivity contribution >= 4 is 36.6 Å². The van der Waals surface area contributed by atoms with Gasteiger partial charge in [-0.3, -0.25) is 14.3 Å². The summed E-state index contributed by atoms with van der Waals surface area (Å²) in [6.07, 6.45) is 11.1. The lowest BCUT2D eigenvalue weighted by atomic mass is 9.75. The molecule has 1 aliphatic heterocycles. The van der Waals surface area contributed by atoms with E-state index in [4.69, 9.17) is 0 Å². The smallest absolute Gasteiger partial charge is 0.197 e. The second-order valence-electron chi connectivity index (χ2n) is 9.77. The van der Waals surface area contributed by atoms with E-state index in [1.165, 1.54) is 28.5 Å². The number of hydrogen-bond acceptors (Lipinski definition) is 5. The van der Waals surface area contributed by atoms with Gasteiger partial charge in [-0.1, -0.05) is 69.9 Å². The van der Waals surface area contributed by atoms with Crippen molar-refractivity contribution in [3.05, 3.63) is 93.9 Å². The Balaban J connectivity index is 3.53. The maximum Gasteiger partial charge on any atom is 0.197 e. The van der Waals surface area contributed by atoms with Gasteiger partial charge in [0.25, 0.3) is 0 Å². The van der Waals surface area contributed by atoms with Crippen LogP contribution in [-0.4, -0.2) is 17.6 Å². The summed E-state index contributed by atoms with van der Waals surface area (Å²) in [4.78, 5) is 25.5. The molecule has 0 saturated carbocycles. The summed E-state index contributed by atoms with van der Waals surface area (Å²) in [6, 6.07) is 0. The van der Waals surface area contributed by atoms with Gasteiger partial charge in [-0.15, -0.1) is 0 Å². The predicted octanol–water partition coefficient (Wildman–Crippen LogP) is 7.65. The van der Waals surface area contributed by atoms with Crippen LogP contribution in [0.2, 0.25) is 0 Å². The molecule has 1 N–H and O–H groups in total. The standard InChI is InChI=1S/C29H39NO2S2/c1-11-12-20(4)21(5)15-29(10)16-23(7)28(8,9)22(6)13-25(34-30-29)14-24(17-31)27(32)26(18-33)19(2)3/h11-14,16-18,21,30,33H,1-2,6,15H2,3-5,7-10H3/b20-12-,23-16+,24-14-,25-13-,26-18+. The number of aldehydes is 1. The molecule has 0 aromatic rings. The number of allylic oxidation sites excluding steroid dienone is 10. The maximum atomic E-state index is 12.9. The van der Waals surface area contributed by atoms with Crippen LogP contribution >= 0.6 is 24.6 Å². The van der Waals surface area contributed by atoms with Crippen LogP contribution in [0, 0.1) is 11.3 Å². The zero-order valence-electron chi connectivity index (χ0n) is 21.6. The van der Waals surface area contributed by atoms with E-state index in [2.05, 4.69) is 84.7 Å². The van der Waals surface area contributed by atoms with Gasteiger partial charge in [-0.2, -0.15) is 12.6 Å². The lowest BCUT2D eigenvalue weighted by Gasteiger charge is -2.33. The summed E-state index contributed by atoms with van der Waals surface area (Å²) < 4.78 is 3.60. The van der Waals surface area contributed by atoms with Crippen LogP contribution in [0.4, 0.5) is 0 Å². The number of carbonyl (C=O) groups is 2. The molecule has 0 aliphatic carbocycles. The molecular formula is C29H39NO2S2. The van der Waals surface area contributed by atoms with E-state index in [1.807, 2.05) is 18.2 Å². The third kappa shape index (κ3) is 7.72. The number of hydrogen-bond donors (Lipinski definition) is 2. The molecule has 0 amide bonds. The highest BCUT2D eigenvalue weighted by atomic mass is 32.2. The van der Waals surface area contributed by atoms with Crippen LogP contribution in [0.15, 0.2) is 93.9 Å². The summed E-state index contributed by atoms with van der Waals surface area (Å²) in [5, 5.41) is 1.39. The van der Waals surface area contributed by atoms with Gasteiger partial charge >= 0.3 is 0 Å². The van der Waals surface area contributed by atoms with Gasteiger partial charge in [0.15, 0.2) is 12.1 Å². The molecule has 2 unspecified atom stereocenters. The molecule has 0 fully saturated rings. The van der Waals surface area contributed by atoms with Crippen LogP contribution in [0.1, 0.15) is 54.9 Å². The first-order chi connectivity index (χ1) is 15.7. The average Bonchev–Trinajstić information content (AvgIpc) is 2.77. The minimum absolute atomic E-state index is 0.0400. The summed E-state index contributed by atoms with van der Waals surface area (Å²) >= 11 is 5.52. The normalized spacial score (nSPS) is 26.1. The third-order valence-corrected chi connectivity index (χ3v) is 7.75. The molecule has 1 aliphatic rings. The fraction of sp³-hybridized carbons (Fsp3) is 0.379. The van der Waals surface area contributed by atoms with Gasteiger partial charge in [0, 0.05) is 21.4 Å². The van der Waals surface area contributed by atoms with Crippen molar-refractivity contribution in [3.63, 3.8) is 0 Å². The highest BCUT2D eigenvalue weighted by molar-refractivity contribution is 8.01. The van der Waals surface area contributed by atoms with Gasteiger partial charge in [-0.05, 0) is 80.7 Å². The number of nitrogens with one attached hydrogen (secondary N) is 1. The Kier molecular flexibility index (Phi) is 11.1. The molecule has 0 saturated heterocycles. The Hall–Kier alpha value is -2.08. The Morgan fingerprint density at radius 3 is 2.41 bits per heavy atom. The van der Waals surface area contributed by atoms with Crippen LogP contribution in [0.3, 0.4) is 0 Å². The molecule has 0 aromatic heterocycles. The SMILES string of the molecule is C=C/C=C(/C)C(C)CC1(C)/C=C(\C)C(C)(C)C(=C)/C=C(/C=C(/C=O)C(=O)/C(=C/S)C(=C)C)SN1. The number of ketones is 1. The Morgan fingerprint density at radius 2 is 1.91 bits per heavy atom. The lowest BCUT2D eigenvalue weighted by Crippen LogP contribution is -2.38. The summed E-state index contributed by atoms with van der Waals surface area (Å²) in [5.74, 6) is -0.0828. The number of Topliss-reactive ketones (excluding diaryl/α,β-unsaturated/α-hetero) is 1. The Morgan fingerprint density at radius 1 is 1.29 bits per heavy atom. The van der Waals surface area contributed by atoms with E-state index in [-0.39, 0.29) is 16.5 Å². The van der Waals surface area contributed by atoms with Crippen molar-refractivity contribution < 1.29 is 9.59 Å². The molecule has 0 radical (unpaired) electrons. The third-order valence-electron chi connectivity index (χ3n) is 6.45. The monoisotopic (exact) mass is 497 g/mol. The molecule has 3 nitrogen and oxygen atoms in total. The maximum absolute atomic E-state index is 12.9. The first-order valence-corrected chi connectivity index (χ1v) is 12.6. The fourth-order valence-electron chi connectivity index (χ4n) is 3.64. The van der Waals surface area contributed by atoms with Crippen molar-refractivity contribution in [2.75, 3.05) is 0 Å². The molecule has 34 heavy (non-hydrogen) atoms. The topological polar surface area (TPSA) is 46.2 Å². The minimum atomic E-state index is -0.403. The van der Waals surface area contributed by atoms with E-state index in [1.54, 1.807) is 13.0 Å². The molecule has 2 atom stereocenters. The minimum Gasteiger partial charge on any atom is -0.298 e. The fourth-order valence-corrected chi connectivity index (χ4v) is 4.86. The second-order valence-corrected chi connectivity index (χ2v) is 10.9. The van der Waals surface area contributed by atoms with Crippen molar-refractivity contribution in [1.29, 1.82) is 0 Å². The summed E-state index contributed by atoms with van der Waals surface area (Å²) in [7, 11) is 0. The lowest BCUT2D eigenvalue weighted by molar-refractivity contribution is -0.114. The number of rotatable bonds is 9. The van der Waals surface area contributed by atoms with E-state index in [0.29, 0.717) is 23.4 Å². The highest BCUT2D eigenvalue weighted by Crippen LogP contribution is 2.40. The van der Waals surface area contributed by atoms with Crippen LogP contribution in [-0.2, 0) is 9.59 Å². The van der Waals surface area contributed by atoms with E-state index in [9.17, 15) is 9.59 Å². The van der Waals surface area contributed by atoms with Crippen molar-refractivity contribution in [2.24, 2.45) is 11.3 Å². The first kappa shape index (κ1) is 30.0. The second kappa shape index (κ2) is 12.6. The highest BCUT2D eigenvalue weighted by Gasteiger charge is 2.31. The Labute approximate surface area is 216 Å². The van der Waals surface area contributed by atoms with Gasteiger partial charge in [-0.25, -0.2) is 0 Å². The zero-order valence-corrected chi connectivity index (χ0v) is 23.3. The van der Waals surface area contributed by atoms with Crippen LogP contribution in [0.25, 0.3) is 0 Å². The molecule has 1 heterocycles. The molecule has 184 valence electrons. The van der Waals surface area contributed by atoms with Gasteiger partial charge in [0.2, 0.25) is 0 Å². The number of thiol groups is 1. The van der Waals surface area contributed by atoms with E-state index < -0.39 is 5.78 Å². The molecule has 0 bridgehead atoms. The zero-order chi connectivity index (χ0) is 26.3. The molecule has 0 spiro atoms. The molecular weight excluding hydrogens is 458 g/mol. The molecule has 0 aromatic carbocycles. The first-order valence-electron chi connectivity index (χ1n) is 11.3. The predicted molar refractivity (Wildman–Crippen MR) is 153 cm³/mol. The van der Waals surface area contributed by atoms with E-state index >= 15 is 0 Å². The number of carbonyl (C=O) groups excluding carboxylic acids is 2. The summed E-state index contributed by atoms with van der Waals surface area (Å²) in [5.41, 5.74) is 3.59. The largest absolute Gasteiger partial charge is 0.298 e. The van der Waals surface area contributed by atoms with Gasteiger partial charge < -0.3 is 0 Å². The van der Waals surface area contributed by atoms with Gasteiger partial charge in [0.1, 0.15) is 0 Å². The molecule has 1 rings (SSSR count). The van der Waals surface area contributed by atoms with Crippen molar-refractivity contribution in [1.82, 2.24) is 4.72 Å². The van der Waals surface area contributed by atoms with Crippen molar-refractivity contribution in [3.8, 4) is 0 Å². The van der Waals surface area contributed by atoms with Crippen LogP contribution < -0.4 is 4.72 Å². The van der Waals surface area contributed by atoms with Gasteiger partial charge in [0.05, 0.1) is 5.57 Å². The summed E-state index contributed by atoms with van der Waals surface area (Å²) in [6.45, 7) is 26.5. The Bertz CT molecular complexity index is 1020. The average molecular weight is 498 g/mol. The quantitative estimate of drug-likeness (QED) is 0.0502. The van der Waals surface area contributed by atoms with Crippen molar-refractivity contribution in [2.45, 2.75) is 60.4 Å². The molecule has 5 heteroatoms. The van der Waals surface area contributed by atoms with E-state index in [0.717, 1.165) is 16.9 Å².